The molecule has 2 aromatic rings. The summed E-state index contributed by atoms with van der Waals surface area (Å²) in [5.74, 6) is 0.654. The number of hydrogen-bond donors (Lipinski definition) is 1. The van der Waals surface area contributed by atoms with Crippen molar-refractivity contribution in [3.05, 3.63) is 63.7 Å². The third-order valence-corrected chi connectivity index (χ3v) is 5.42. The SMILES string of the molecule is COc1ccc([C@H]2CCCCCN2CC(=O)Nc2cc([N+](=O)[O-])ccc2C)cc1. The van der Waals surface area contributed by atoms with Crippen LogP contribution in [0, 0.1) is 17.0 Å². The minimum absolute atomic E-state index is 0.0308. The van der Waals surface area contributed by atoms with Gasteiger partial charge in [-0.3, -0.25) is 19.8 Å². The Morgan fingerprint density at radius 1 is 1.21 bits per heavy atom. The maximum atomic E-state index is 12.8. The molecular weight excluding hydrogens is 370 g/mol. The lowest BCUT2D eigenvalue weighted by atomic mass is 10.0. The Kier molecular flexibility index (Phi) is 6.82. The van der Waals surface area contributed by atoms with Crippen LogP contribution in [-0.2, 0) is 4.79 Å². The molecule has 7 heteroatoms. The highest BCUT2D eigenvalue weighted by atomic mass is 16.6. The molecule has 0 bridgehead atoms. The molecule has 3 rings (SSSR count). The molecule has 0 radical (unpaired) electrons. The fourth-order valence-electron chi connectivity index (χ4n) is 3.79. The quantitative estimate of drug-likeness (QED) is 0.574. The topological polar surface area (TPSA) is 84.7 Å². The number of nitro groups is 1. The minimum atomic E-state index is -0.455. The second-order valence-corrected chi connectivity index (χ2v) is 7.41. The van der Waals surface area contributed by atoms with E-state index < -0.39 is 4.92 Å². The number of non-ortho nitro benzene ring substituents is 1. The molecule has 1 heterocycles. The Bertz CT molecular complexity index is 867. The van der Waals surface area contributed by atoms with Crippen LogP contribution in [0.4, 0.5) is 11.4 Å². The Hall–Kier alpha value is -2.93. The second-order valence-electron chi connectivity index (χ2n) is 7.41. The summed E-state index contributed by atoms with van der Waals surface area (Å²) >= 11 is 0. The van der Waals surface area contributed by atoms with Gasteiger partial charge in [-0.1, -0.05) is 31.0 Å². The van der Waals surface area contributed by atoms with Crippen molar-refractivity contribution in [2.75, 3.05) is 25.5 Å². The summed E-state index contributed by atoms with van der Waals surface area (Å²) in [7, 11) is 1.65. The van der Waals surface area contributed by atoms with Crippen molar-refractivity contribution < 1.29 is 14.5 Å². The summed E-state index contributed by atoms with van der Waals surface area (Å²) in [6.07, 6.45) is 4.32. The number of amides is 1. The first kappa shape index (κ1) is 20.8. The number of rotatable bonds is 6. The number of aryl methyl sites for hydroxylation is 1. The lowest BCUT2D eigenvalue weighted by Crippen LogP contribution is -2.36. The summed E-state index contributed by atoms with van der Waals surface area (Å²) in [6.45, 7) is 2.92. The van der Waals surface area contributed by atoms with Crippen LogP contribution in [0.3, 0.4) is 0 Å². The molecule has 1 aliphatic heterocycles. The largest absolute Gasteiger partial charge is 0.497 e. The third kappa shape index (κ3) is 5.32. The molecule has 0 spiro atoms. The lowest BCUT2D eigenvalue weighted by Gasteiger charge is -2.30. The first-order chi connectivity index (χ1) is 14.0. The molecule has 1 fully saturated rings. The number of nitrogens with zero attached hydrogens (tertiary/aromatic N) is 2. The molecule has 0 saturated carbocycles. The van der Waals surface area contributed by atoms with Gasteiger partial charge in [0.15, 0.2) is 0 Å². The van der Waals surface area contributed by atoms with E-state index in [4.69, 9.17) is 4.74 Å². The van der Waals surface area contributed by atoms with E-state index in [2.05, 4.69) is 22.3 Å². The van der Waals surface area contributed by atoms with Crippen LogP contribution in [0.5, 0.6) is 5.75 Å². The number of benzene rings is 2. The maximum Gasteiger partial charge on any atom is 0.271 e. The van der Waals surface area contributed by atoms with Gasteiger partial charge < -0.3 is 10.1 Å². The fourth-order valence-corrected chi connectivity index (χ4v) is 3.79. The van der Waals surface area contributed by atoms with Crippen LogP contribution in [0.15, 0.2) is 42.5 Å². The van der Waals surface area contributed by atoms with Crippen LogP contribution in [-0.4, -0.2) is 35.9 Å². The average molecular weight is 397 g/mol. The third-order valence-electron chi connectivity index (χ3n) is 5.42. The van der Waals surface area contributed by atoms with Crippen LogP contribution in [0.1, 0.15) is 42.9 Å². The van der Waals surface area contributed by atoms with Crippen LogP contribution in [0.25, 0.3) is 0 Å². The maximum absolute atomic E-state index is 12.8. The molecule has 7 nitrogen and oxygen atoms in total. The van der Waals surface area contributed by atoms with E-state index in [-0.39, 0.29) is 24.2 Å². The van der Waals surface area contributed by atoms with Gasteiger partial charge in [0.05, 0.1) is 24.3 Å². The summed E-state index contributed by atoms with van der Waals surface area (Å²) in [4.78, 5) is 25.5. The molecule has 0 aromatic heterocycles. The number of nitrogens with one attached hydrogen (secondary N) is 1. The van der Waals surface area contributed by atoms with E-state index in [1.807, 2.05) is 19.1 Å². The molecule has 154 valence electrons. The minimum Gasteiger partial charge on any atom is -0.497 e. The first-order valence-electron chi connectivity index (χ1n) is 9.91. The Balaban J connectivity index is 1.74. The number of nitro benzene ring substituents is 1. The van der Waals surface area contributed by atoms with Crippen molar-refractivity contribution >= 4 is 17.3 Å². The molecule has 29 heavy (non-hydrogen) atoms. The molecule has 1 N–H and O–H groups in total. The monoisotopic (exact) mass is 397 g/mol. The zero-order valence-corrected chi connectivity index (χ0v) is 16.9. The van der Waals surface area contributed by atoms with Crippen molar-refractivity contribution in [2.24, 2.45) is 0 Å². The van der Waals surface area contributed by atoms with Crippen LogP contribution >= 0.6 is 0 Å². The van der Waals surface area contributed by atoms with E-state index in [0.717, 1.165) is 43.5 Å². The molecule has 1 aliphatic rings. The standard InChI is InChI=1S/C22H27N3O4/c1-16-7-10-18(25(27)28)14-20(16)23-22(26)15-24-13-5-3-4-6-21(24)17-8-11-19(29-2)12-9-17/h7-12,14,21H,3-6,13,15H2,1-2H3,(H,23,26)/t21-/m1/s1. The summed E-state index contributed by atoms with van der Waals surface area (Å²) < 4.78 is 5.25. The van der Waals surface area contributed by atoms with E-state index in [0.29, 0.717) is 5.69 Å². The van der Waals surface area contributed by atoms with Crippen molar-refractivity contribution in [1.29, 1.82) is 0 Å². The second kappa shape index (κ2) is 9.52. The number of anilines is 1. The first-order valence-corrected chi connectivity index (χ1v) is 9.91. The Morgan fingerprint density at radius 2 is 1.97 bits per heavy atom. The molecule has 0 aliphatic carbocycles. The van der Waals surface area contributed by atoms with Gasteiger partial charge >= 0.3 is 0 Å². The lowest BCUT2D eigenvalue weighted by molar-refractivity contribution is -0.384. The number of ether oxygens (including phenoxy) is 1. The smallest absolute Gasteiger partial charge is 0.271 e. The van der Waals surface area contributed by atoms with Gasteiger partial charge in [0.2, 0.25) is 5.91 Å². The molecule has 2 aromatic carbocycles. The van der Waals surface area contributed by atoms with Gasteiger partial charge in [0, 0.05) is 18.2 Å². The highest BCUT2D eigenvalue weighted by molar-refractivity contribution is 5.93. The predicted octanol–water partition coefficient (Wildman–Crippen LogP) is 4.47. The van der Waals surface area contributed by atoms with Crippen molar-refractivity contribution in [3.8, 4) is 5.75 Å². The molecule has 1 saturated heterocycles. The van der Waals surface area contributed by atoms with E-state index >= 15 is 0 Å². The number of likely N-dealkylation sites (tertiary alicyclic amines) is 1. The fraction of sp³-hybridized carbons (Fsp3) is 0.409. The molecule has 0 unspecified atom stereocenters. The van der Waals surface area contributed by atoms with Crippen LogP contribution < -0.4 is 10.1 Å². The molecule has 1 amide bonds. The van der Waals surface area contributed by atoms with Gasteiger partial charge in [-0.05, 0) is 49.6 Å². The van der Waals surface area contributed by atoms with E-state index in [9.17, 15) is 14.9 Å². The van der Waals surface area contributed by atoms with Gasteiger partial charge in [0.25, 0.3) is 5.69 Å². The van der Waals surface area contributed by atoms with Gasteiger partial charge in [0.1, 0.15) is 5.75 Å². The number of carbonyl (C=O) groups is 1. The molecule has 1 atom stereocenters. The Labute approximate surface area is 170 Å². The van der Waals surface area contributed by atoms with Crippen molar-refractivity contribution in [1.82, 2.24) is 4.90 Å². The van der Waals surface area contributed by atoms with Gasteiger partial charge in [-0.25, -0.2) is 0 Å². The summed E-state index contributed by atoms with van der Waals surface area (Å²) in [6, 6.07) is 12.7. The predicted molar refractivity (Wildman–Crippen MR) is 112 cm³/mol. The van der Waals surface area contributed by atoms with E-state index in [1.54, 1.807) is 13.2 Å². The number of carbonyl (C=O) groups excluding carboxylic acids is 1. The number of hydrogen-bond acceptors (Lipinski definition) is 5. The zero-order valence-electron chi connectivity index (χ0n) is 16.9. The summed E-state index contributed by atoms with van der Waals surface area (Å²) in [5.41, 5.74) is 2.43. The molecular formula is C22H27N3O4. The van der Waals surface area contributed by atoms with Crippen molar-refractivity contribution in [3.63, 3.8) is 0 Å². The zero-order chi connectivity index (χ0) is 20.8. The highest BCUT2D eigenvalue weighted by Gasteiger charge is 2.25. The normalized spacial score (nSPS) is 17.4. The summed E-state index contributed by atoms with van der Waals surface area (Å²) in [5, 5.41) is 13.9. The average Bonchev–Trinajstić information content (AvgIpc) is 2.95. The van der Waals surface area contributed by atoms with E-state index in [1.165, 1.54) is 17.7 Å². The number of methoxy groups -OCH3 is 1. The van der Waals surface area contributed by atoms with Gasteiger partial charge in [-0.2, -0.15) is 0 Å². The van der Waals surface area contributed by atoms with Gasteiger partial charge in [-0.15, -0.1) is 0 Å². The highest BCUT2D eigenvalue weighted by Crippen LogP contribution is 2.31. The Morgan fingerprint density at radius 3 is 2.66 bits per heavy atom. The van der Waals surface area contributed by atoms with Crippen molar-refractivity contribution in [2.45, 2.75) is 38.6 Å². The van der Waals surface area contributed by atoms with Crippen LogP contribution in [0.2, 0.25) is 0 Å².